The first-order chi connectivity index (χ1) is 11.0. The number of nitrogens with zero attached hydrogens (tertiary/aromatic N) is 2. The van der Waals surface area contributed by atoms with E-state index in [-0.39, 0.29) is 35.4 Å². The van der Waals surface area contributed by atoms with Crippen LogP contribution in [0, 0.1) is 0 Å². The highest BCUT2D eigenvalue weighted by molar-refractivity contribution is 8.14. The fourth-order valence-corrected chi connectivity index (χ4v) is 3.62. The molecule has 6 nitrogen and oxygen atoms in total. The van der Waals surface area contributed by atoms with Crippen molar-refractivity contribution in [3.05, 3.63) is 35.4 Å². The molecule has 3 amide bonds. The molecule has 2 fully saturated rings. The summed E-state index contributed by atoms with van der Waals surface area (Å²) in [6, 6.07) is 7.15. The summed E-state index contributed by atoms with van der Waals surface area (Å²) in [5.41, 5.74) is 7.28. The summed E-state index contributed by atoms with van der Waals surface area (Å²) in [5.74, 6) is -0.0301. The fraction of sp³-hybridized carbons (Fsp3) is 0.438. The highest BCUT2D eigenvalue weighted by Crippen LogP contribution is 2.22. The predicted octanol–water partition coefficient (Wildman–Crippen LogP) is 1.45. The van der Waals surface area contributed by atoms with Crippen LogP contribution in [-0.4, -0.2) is 51.7 Å². The van der Waals surface area contributed by atoms with Crippen molar-refractivity contribution in [3.8, 4) is 0 Å². The number of piperidine rings is 1. The highest BCUT2D eigenvalue weighted by Gasteiger charge is 2.30. The molecule has 122 valence electrons. The maximum absolute atomic E-state index is 12.6. The van der Waals surface area contributed by atoms with Gasteiger partial charge in [-0.15, -0.1) is 0 Å². The van der Waals surface area contributed by atoms with Gasteiger partial charge in [0.2, 0.25) is 5.91 Å². The van der Waals surface area contributed by atoms with E-state index in [1.807, 2.05) is 6.07 Å². The summed E-state index contributed by atoms with van der Waals surface area (Å²) >= 11 is 1.01. The fourth-order valence-electron chi connectivity index (χ4n) is 2.90. The number of carbonyl (C=O) groups excluding carboxylic acids is 3. The van der Waals surface area contributed by atoms with E-state index in [2.05, 4.69) is 0 Å². The molecule has 1 atom stereocenters. The average molecular weight is 333 g/mol. The molecular formula is C16H19N3O3S. The van der Waals surface area contributed by atoms with Crippen molar-refractivity contribution in [3.63, 3.8) is 0 Å². The molecule has 1 aromatic rings. The molecule has 0 aliphatic carbocycles. The van der Waals surface area contributed by atoms with E-state index in [4.69, 9.17) is 5.73 Å². The van der Waals surface area contributed by atoms with E-state index >= 15 is 0 Å². The van der Waals surface area contributed by atoms with Crippen molar-refractivity contribution >= 4 is 28.8 Å². The largest absolute Gasteiger partial charge is 0.337 e. The third-order valence-corrected chi connectivity index (χ3v) is 4.96. The van der Waals surface area contributed by atoms with Crippen molar-refractivity contribution in [2.75, 3.05) is 18.8 Å². The average Bonchev–Trinajstić information content (AvgIpc) is 2.86. The molecule has 1 unspecified atom stereocenters. The van der Waals surface area contributed by atoms with E-state index in [0.29, 0.717) is 12.1 Å². The Morgan fingerprint density at radius 1 is 1.35 bits per heavy atom. The Balaban J connectivity index is 1.73. The van der Waals surface area contributed by atoms with Crippen LogP contribution in [-0.2, 0) is 11.3 Å². The predicted molar refractivity (Wildman–Crippen MR) is 88.0 cm³/mol. The third kappa shape index (κ3) is 3.56. The molecule has 2 saturated heterocycles. The lowest BCUT2D eigenvalue weighted by Crippen LogP contribution is -2.45. The molecular weight excluding hydrogens is 314 g/mol. The van der Waals surface area contributed by atoms with Crippen LogP contribution in [0.4, 0.5) is 4.79 Å². The Labute approximate surface area is 139 Å². The smallest absolute Gasteiger partial charge is 0.289 e. The first-order valence-corrected chi connectivity index (χ1v) is 8.64. The van der Waals surface area contributed by atoms with Gasteiger partial charge in [-0.2, -0.15) is 0 Å². The normalized spacial score (nSPS) is 21.9. The molecule has 0 spiro atoms. The topological polar surface area (TPSA) is 83.7 Å². The monoisotopic (exact) mass is 333 g/mol. The molecule has 2 aliphatic heterocycles. The van der Waals surface area contributed by atoms with Crippen molar-refractivity contribution in [1.82, 2.24) is 9.80 Å². The van der Waals surface area contributed by atoms with Crippen molar-refractivity contribution in [1.29, 1.82) is 0 Å². The SMILES string of the molecule is NC1CCCN(C(=O)c2cccc(CN3C(=O)CSC3=O)c2)C1. The number of imide groups is 1. The molecule has 0 aromatic heterocycles. The van der Waals surface area contributed by atoms with Gasteiger partial charge in [0.25, 0.3) is 11.1 Å². The summed E-state index contributed by atoms with van der Waals surface area (Å²) < 4.78 is 0. The molecule has 23 heavy (non-hydrogen) atoms. The number of rotatable bonds is 3. The maximum atomic E-state index is 12.6. The Morgan fingerprint density at radius 2 is 2.17 bits per heavy atom. The Bertz CT molecular complexity index is 633. The Kier molecular flexibility index (Phi) is 4.68. The number of carbonyl (C=O) groups is 3. The van der Waals surface area contributed by atoms with E-state index < -0.39 is 0 Å². The van der Waals surface area contributed by atoms with Crippen LogP contribution in [0.1, 0.15) is 28.8 Å². The van der Waals surface area contributed by atoms with E-state index in [1.54, 1.807) is 23.1 Å². The van der Waals surface area contributed by atoms with Gasteiger partial charge in [0.1, 0.15) is 0 Å². The first kappa shape index (κ1) is 16.0. The van der Waals surface area contributed by atoms with Gasteiger partial charge in [-0.1, -0.05) is 23.9 Å². The number of likely N-dealkylation sites (tertiary alicyclic amines) is 1. The lowest BCUT2D eigenvalue weighted by molar-refractivity contribution is -0.125. The second kappa shape index (κ2) is 6.72. The minimum atomic E-state index is -0.228. The van der Waals surface area contributed by atoms with Gasteiger partial charge in [0.15, 0.2) is 0 Å². The van der Waals surface area contributed by atoms with Crippen LogP contribution >= 0.6 is 11.8 Å². The summed E-state index contributed by atoms with van der Waals surface area (Å²) in [6.07, 6.45) is 1.86. The van der Waals surface area contributed by atoms with Gasteiger partial charge >= 0.3 is 0 Å². The quantitative estimate of drug-likeness (QED) is 0.905. The molecule has 2 aliphatic rings. The Hall–Kier alpha value is -1.86. The minimum absolute atomic E-state index is 0.0350. The van der Waals surface area contributed by atoms with Crippen molar-refractivity contribution in [2.45, 2.75) is 25.4 Å². The zero-order valence-electron chi connectivity index (χ0n) is 12.7. The number of benzene rings is 1. The second-order valence-corrected chi connectivity index (χ2v) is 6.81. The number of amides is 3. The number of thioether (sulfide) groups is 1. The van der Waals surface area contributed by atoms with Gasteiger partial charge in [0.05, 0.1) is 12.3 Å². The maximum Gasteiger partial charge on any atom is 0.289 e. The molecule has 2 N–H and O–H groups in total. The number of hydrogen-bond acceptors (Lipinski definition) is 5. The van der Waals surface area contributed by atoms with Gasteiger partial charge in [-0.3, -0.25) is 19.3 Å². The van der Waals surface area contributed by atoms with Gasteiger partial charge in [-0.25, -0.2) is 0 Å². The third-order valence-electron chi connectivity index (χ3n) is 4.10. The summed E-state index contributed by atoms with van der Waals surface area (Å²) in [6.45, 7) is 1.50. The molecule has 0 radical (unpaired) electrons. The summed E-state index contributed by atoms with van der Waals surface area (Å²) in [5, 5.41) is -0.228. The number of hydrogen-bond donors (Lipinski definition) is 1. The molecule has 2 heterocycles. The van der Waals surface area contributed by atoms with Gasteiger partial charge < -0.3 is 10.6 Å². The molecule has 0 saturated carbocycles. The zero-order chi connectivity index (χ0) is 16.4. The number of nitrogens with two attached hydrogens (primary N) is 1. The lowest BCUT2D eigenvalue weighted by Gasteiger charge is -2.31. The molecule has 7 heteroatoms. The van der Waals surface area contributed by atoms with Crippen LogP contribution in [0.25, 0.3) is 0 Å². The van der Waals surface area contributed by atoms with Crippen molar-refractivity contribution in [2.24, 2.45) is 5.73 Å². The van der Waals surface area contributed by atoms with Crippen LogP contribution in [0.5, 0.6) is 0 Å². The molecule has 0 bridgehead atoms. The van der Waals surface area contributed by atoms with Crippen molar-refractivity contribution < 1.29 is 14.4 Å². The summed E-state index contributed by atoms with van der Waals surface area (Å²) in [7, 11) is 0. The Morgan fingerprint density at radius 3 is 2.87 bits per heavy atom. The first-order valence-electron chi connectivity index (χ1n) is 7.65. The van der Waals surface area contributed by atoms with E-state index in [0.717, 1.165) is 36.7 Å². The van der Waals surface area contributed by atoms with E-state index in [9.17, 15) is 14.4 Å². The molecule has 1 aromatic carbocycles. The van der Waals surface area contributed by atoms with E-state index in [1.165, 1.54) is 4.90 Å². The lowest BCUT2D eigenvalue weighted by atomic mass is 10.0. The standard InChI is InChI=1S/C16H19N3O3S/c17-13-5-2-6-18(9-13)15(21)12-4-1-3-11(7-12)8-19-14(20)10-23-16(19)22/h1,3-4,7,13H,2,5-6,8-10,17H2. The zero-order valence-corrected chi connectivity index (χ0v) is 13.6. The summed E-state index contributed by atoms with van der Waals surface area (Å²) in [4.78, 5) is 38.9. The molecule has 3 rings (SSSR count). The van der Waals surface area contributed by atoms with Crippen LogP contribution in [0.15, 0.2) is 24.3 Å². The van der Waals surface area contributed by atoms with Crippen LogP contribution in [0.2, 0.25) is 0 Å². The van der Waals surface area contributed by atoms with Gasteiger partial charge in [0, 0.05) is 24.7 Å². The van der Waals surface area contributed by atoms with Gasteiger partial charge in [-0.05, 0) is 30.5 Å². The second-order valence-electron chi connectivity index (χ2n) is 5.89. The van der Waals surface area contributed by atoms with Crippen LogP contribution < -0.4 is 5.73 Å². The highest BCUT2D eigenvalue weighted by atomic mass is 32.2. The minimum Gasteiger partial charge on any atom is -0.337 e. The van der Waals surface area contributed by atoms with Crippen LogP contribution in [0.3, 0.4) is 0 Å².